The maximum absolute atomic E-state index is 15.2. The van der Waals surface area contributed by atoms with Gasteiger partial charge in [-0.25, -0.2) is 4.39 Å². The smallest absolute Gasteiger partial charge is 0.158 e. The van der Waals surface area contributed by atoms with E-state index < -0.39 is 5.67 Å². The minimum atomic E-state index is -1.59. The second kappa shape index (κ2) is 7.63. The van der Waals surface area contributed by atoms with Crippen LogP contribution in [0.2, 0.25) is 0 Å². The van der Waals surface area contributed by atoms with Crippen molar-refractivity contribution in [1.82, 2.24) is 0 Å². The van der Waals surface area contributed by atoms with Gasteiger partial charge in [-0.1, -0.05) is 49.6 Å². The largest absolute Gasteiger partial charge is 0.490 e. The first kappa shape index (κ1) is 16.8. The third-order valence-corrected chi connectivity index (χ3v) is 3.53. The Morgan fingerprint density at radius 3 is 1.48 bits per heavy atom. The third kappa shape index (κ3) is 4.22. The second-order valence-electron chi connectivity index (χ2n) is 5.25. The van der Waals surface area contributed by atoms with Crippen molar-refractivity contribution >= 4 is 0 Å². The highest BCUT2D eigenvalue weighted by molar-refractivity contribution is 5.40. The molecule has 0 fully saturated rings. The van der Waals surface area contributed by atoms with Crippen LogP contribution in [-0.4, -0.2) is 13.2 Å². The standard InChI is InChI=1S/C20H21FO2/c1-4-14-22-18-10-6-16(7-11-18)20(3,21)17-8-12-19(13-9-17)23-15-5-2/h4-13H,1-2,14-15H2,3H3. The zero-order valence-electron chi connectivity index (χ0n) is 13.3. The third-order valence-electron chi connectivity index (χ3n) is 3.53. The average Bonchev–Trinajstić information content (AvgIpc) is 2.59. The average molecular weight is 312 g/mol. The van der Waals surface area contributed by atoms with Gasteiger partial charge in [0.1, 0.15) is 24.7 Å². The van der Waals surface area contributed by atoms with Gasteiger partial charge in [-0.3, -0.25) is 0 Å². The van der Waals surface area contributed by atoms with Gasteiger partial charge in [0.05, 0.1) is 0 Å². The molecule has 2 nitrogen and oxygen atoms in total. The molecule has 120 valence electrons. The highest BCUT2D eigenvalue weighted by Crippen LogP contribution is 2.35. The fourth-order valence-electron chi connectivity index (χ4n) is 2.21. The van der Waals surface area contributed by atoms with Crippen LogP contribution in [0.3, 0.4) is 0 Å². The van der Waals surface area contributed by atoms with E-state index in [4.69, 9.17) is 9.47 Å². The summed E-state index contributed by atoms with van der Waals surface area (Å²) in [7, 11) is 0. The van der Waals surface area contributed by atoms with Crippen LogP contribution in [0, 0.1) is 0 Å². The van der Waals surface area contributed by atoms with Crippen LogP contribution >= 0.6 is 0 Å². The highest BCUT2D eigenvalue weighted by Gasteiger charge is 2.28. The van der Waals surface area contributed by atoms with E-state index in [1.165, 1.54) is 0 Å². The Labute approximate surface area is 136 Å². The molecule has 0 saturated carbocycles. The molecule has 0 aromatic heterocycles. The van der Waals surface area contributed by atoms with Gasteiger partial charge in [0.15, 0.2) is 5.67 Å². The summed E-state index contributed by atoms with van der Waals surface area (Å²) in [4.78, 5) is 0. The molecule has 0 N–H and O–H groups in total. The molecule has 0 aliphatic carbocycles. The summed E-state index contributed by atoms with van der Waals surface area (Å²) in [6, 6.07) is 14.0. The normalized spacial score (nSPS) is 10.9. The van der Waals surface area contributed by atoms with E-state index >= 15 is 4.39 Å². The van der Waals surface area contributed by atoms with Crippen molar-refractivity contribution in [3.05, 3.63) is 85.0 Å². The molecule has 0 amide bonds. The summed E-state index contributed by atoms with van der Waals surface area (Å²) in [6.45, 7) is 9.60. The van der Waals surface area contributed by atoms with E-state index in [1.807, 2.05) is 0 Å². The molecule has 0 radical (unpaired) electrons. The fourth-order valence-corrected chi connectivity index (χ4v) is 2.21. The molecule has 0 heterocycles. The topological polar surface area (TPSA) is 18.5 Å². The van der Waals surface area contributed by atoms with Gasteiger partial charge in [0.25, 0.3) is 0 Å². The first-order valence-electron chi connectivity index (χ1n) is 7.45. The highest BCUT2D eigenvalue weighted by atomic mass is 19.1. The first-order chi connectivity index (χ1) is 11.1. The van der Waals surface area contributed by atoms with E-state index in [2.05, 4.69) is 13.2 Å². The molecular weight excluding hydrogens is 291 g/mol. The summed E-state index contributed by atoms with van der Waals surface area (Å²) < 4.78 is 26.0. The SMILES string of the molecule is C=CCOc1ccc(C(C)(F)c2ccc(OCC=C)cc2)cc1. The Bertz CT molecular complexity index is 585. The van der Waals surface area contributed by atoms with Gasteiger partial charge in [-0.15, -0.1) is 0 Å². The summed E-state index contributed by atoms with van der Waals surface area (Å²) in [5.74, 6) is 1.38. The molecule has 23 heavy (non-hydrogen) atoms. The van der Waals surface area contributed by atoms with Crippen LogP contribution in [-0.2, 0) is 5.67 Å². The number of hydrogen-bond acceptors (Lipinski definition) is 2. The molecule has 2 rings (SSSR count). The van der Waals surface area contributed by atoms with Crippen molar-refractivity contribution in [2.75, 3.05) is 13.2 Å². The molecule has 0 saturated heterocycles. The molecule has 2 aromatic rings. The number of alkyl halides is 1. The molecule has 0 aliphatic rings. The van der Waals surface area contributed by atoms with Crippen molar-refractivity contribution in [1.29, 1.82) is 0 Å². The lowest BCUT2D eigenvalue weighted by Gasteiger charge is -2.22. The Kier molecular flexibility index (Phi) is 5.58. The number of halogens is 1. The van der Waals surface area contributed by atoms with Gasteiger partial charge >= 0.3 is 0 Å². The maximum Gasteiger partial charge on any atom is 0.158 e. The zero-order chi connectivity index (χ0) is 16.7. The van der Waals surface area contributed by atoms with E-state index in [-0.39, 0.29) is 0 Å². The first-order valence-corrected chi connectivity index (χ1v) is 7.45. The van der Waals surface area contributed by atoms with Crippen LogP contribution in [0.1, 0.15) is 18.1 Å². The van der Waals surface area contributed by atoms with Crippen molar-refractivity contribution in [2.24, 2.45) is 0 Å². The quantitative estimate of drug-likeness (QED) is 0.635. The summed E-state index contributed by atoms with van der Waals surface area (Å²) in [5, 5.41) is 0. The van der Waals surface area contributed by atoms with Crippen LogP contribution in [0.15, 0.2) is 73.8 Å². The van der Waals surface area contributed by atoms with Gasteiger partial charge in [0.2, 0.25) is 0 Å². The van der Waals surface area contributed by atoms with E-state index in [0.29, 0.717) is 35.8 Å². The molecular formula is C20H21FO2. The predicted molar refractivity (Wildman–Crippen MR) is 91.8 cm³/mol. The lowest BCUT2D eigenvalue weighted by Crippen LogP contribution is -2.16. The number of hydrogen-bond donors (Lipinski definition) is 0. The number of rotatable bonds is 8. The molecule has 3 heteroatoms. The number of benzene rings is 2. The van der Waals surface area contributed by atoms with E-state index in [0.717, 1.165) is 0 Å². The Morgan fingerprint density at radius 1 is 0.826 bits per heavy atom. The summed E-state index contributed by atoms with van der Waals surface area (Å²) in [5.41, 5.74) is -0.445. The Balaban J connectivity index is 2.16. The van der Waals surface area contributed by atoms with Crippen LogP contribution in [0.5, 0.6) is 11.5 Å². The van der Waals surface area contributed by atoms with Crippen molar-refractivity contribution in [2.45, 2.75) is 12.6 Å². The minimum Gasteiger partial charge on any atom is -0.490 e. The Morgan fingerprint density at radius 2 is 1.17 bits per heavy atom. The van der Waals surface area contributed by atoms with Crippen molar-refractivity contribution in [3.8, 4) is 11.5 Å². The monoisotopic (exact) mass is 312 g/mol. The lowest BCUT2D eigenvalue weighted by molar-refractivity contribution is 0.250. The van der Waals surface area contributed by atoms with Gasteiger partial charge in [-0.2, -0.15) is 0 Å². The fraction of sp³-hybridized carbons (Fsp3) is 0.200. The van der Waals surface area contributed by atoms with Crippen LogP contribution < -0.4 is 9.47 Å². The second-order valence-corrected chi connectivity index (χ2v) is 5.25. The summed E-state index contributed by atoms with van der Waals surface area (Å²) >= 11 is 0. The lowest BCUT2D eigenvalue weighted by atomic mass is 9.90. The predicted octanol–water partition coefficient (Wildman–Crippen LogP) is 5.05. The van der Waals surface area contributed by atoms with Crippen molar-refractivity contribution in [3.63, 3.8) is 0 Å². The minimum absolute atomic E-state index is 0.429. The molecule has 2 aromatic carbocycles. The molecule has 0 bridgehead atoms. The molecule has 0 unspecified atom stereocenters. The van der Waals surface area contributed by atoms with Gasteiger partial charge in [-0.05, 0) is 42.3 Å². The van der Waals surface area contributed by atoms with Gasteiger partial charge < -0.3 is 9.47 Å². The van der Waals surface area contributed by atoms with Crippen LogP contribution in [0.4, 0.5) is 4.39 Å². The summed E-state index contributed by atoms with van der Waals surface area (Å²) in [6.07, 6.45) is 3.34. The molecule has 0 spiro atoms. The number of ether oxygens (including phenoxy) is 2. The zero-order valence-corrected chi connectivity index (χ0v) is 13.3. The maximum atomic E-state index is 15.2. The molecule has 0 aliphatic heterocycles. The van der Waals surface area contributed by atoms with Crippen LogP contribution in [0.25, 0.3) is 0 Å². The Hall–Kier alpha value is -2.55. The van der Waals surface area contributed by atoms with Gasteiger partial charge in [0, 0.05) is 0 Å². The van der Waals surface area contributed by atoms with Crippen molar-refractivity contribution < 1.29 is 13.9 Å². The molecule has 0 atom stereocenters. The van der Waals surface area contributed by atoms with E-state index in [9.17, 15) is 0 Å². The van der Waals surface area contributed by atoms with E-state index in [1.54, 1.807) is 67.6 Å².